The Kier molecular flexibility index (Phi) is 8.09. The van der Waals surface area contributed by atoms with Crippen molar-refractivity contribution < 1.29 is 13.2 Å². The molecular formula is C17H28N2O3S. The third-order valence-electron chi connectivity index (χ3n) is 3.78. The Labute approximate surface area is 139 Å². The monoisotopic (exact) mass is 340 g/mol. The first-order valence-electron chi connectivity index (χ1n) is 8.16. The lowest BCUT2D eigenvalue weighted by molar-refractivity contribution is 0.249. The summed E-state index contributed by atoms with van der Waals surface area (Å²) in [6.07, 6.45) is 5.65. The van der Waals surface area contributed by atoms with Crippen molar-refractivity contribution in [2.75, 3.05) is 18.1 Å². The highest BCUT2D eigenvalue weighted by Crippen LogP contribution is 2.17. The number of para-hydroxylation sites is 1. The van der Waals surface area contributed by atoms with Gasteiger partial charge in [0.05, 0.1) is 5.75 Å². The number of rotatable bonds is 9. The van der Waals surface area contributed by atoms with E-state index in [0.717, 1.165) is 19.3 Å². The Bertz CT molecular complexity index is 600. The van der Waals surface area contributed by atoms with E-state index in [9.17, 15) is 13.2 Å². The number of unbranched alkanes of at least 4 members (excludes halogenated alkanes) is 1. The van der Waals surface area contributed by atoms with Crippen LogP contribution in [-0.4, -0.2) is 27.2 Å². The van der Waals surface area contributed by atoms with Crippen LogP contribution in [0, 0.1) is 5.92 Å². The number of carbonyl (C=O) groups is 1. The number of urea groups is 1. The van der Waals surface area contributed by atoms with Crippen LogP contribution >= 0.6 is 0 Å². The second kappa shape index (κ2) is 9.55. The van der Waals surface area contributed by atoms with Gasteiger partial charge in [-0.3, -0.25) is 0 Å². The molecule has 0 bridgehead atoms. The normalized spacial score (nSPS) is 12.7. The Morgan fingerprint density at radius 3 is 2.52 bits per heavy atom. The smallest absolute Gasteiger partial charge is 0.319 e. The highest BCUT2D eigenvalue weighted by Gasteiger charge is 2.12. The van der Waals surface area contributed by atoms with Crippen LogP contribution in [0.2, 0.25) is 0 Å². The first kappa shape index (κ1) is 19.5. The molecule has 0 heterocycles. The SMILES string of the molecule is CCCCC(CC)CNC(=O)Nc1ccccc1CS(C)(=O)=O. The lowest BCUT2D eigenvalue weighted by Crippen LogP contribution is -2.33. The summed E-state index contributed by atoms with van der Waals surface area (Å²) in [6, 6.07) is 6.68. The third-order valence-corrected chi connectivity index (χ3v) is 4.61. The highest BCUT2D eigenvalue weighted by atomic mass is 32.2. The molecule has 1 atom stereocenters. The first-order chi connectivity index (χ1) is 10.9. The standard InChI is InChI=1S/C17H28N2O3S/c1-4-6-9-14(5-2)12-18-17(20)19-16-11-8-7-10-15(16)13-23(3,21)22/h7-8,10-11,14H,4-6,9,12-13H2,1-3H3,(H2,18,19,20). The van der Waals surface area contributed by atoms with Gasteiger partial charge in [0, 0.05) is 18.5 Å². The van der Waals surface area contributed by atoms with Crippen LogP contribution in [0.1, 0.15) is 45.1 Å². The van der Waals surface area contributed by atoms with Gasteiger partial charge in [0.1, 0.15) is 0 Å². The number of nitrogens with one attached hydrogen (secondary N) is 2. The minimum Gasteiger partial charge on any atom is -0.338 e. The molecule has 2 amide bonds. The minimum atomic E-state index is -3.15. The maximum Gasteiger partial charge on any atom is 0.319 e. The fourth-order valence-electron chi connectivity index (χ4n) is 2.40. The number of sulfone groups is 1. The average Bonchev–Trinajstić information content (AvgIpc) is 2.48. The molecule has 1 aromatic rings. The summed E-state index contributed by atoms with van der Waals surface area (Å²) in [5, 5.41) is 5.64. The zero-order valence-corrected chi connectivity index (χ0v) is 15.1. The molecule has 1 unspecified atom stereocenters. The molecule has 130 valence electrons. The van der Waals surface area contributed by atoms with Crippen LogP contribution in [0.4, 0.5) is 10.5 Å². The molecule has 0 aliphatic carbocycles. The van der Waals surface area contributed by atoms with E-state index in [1.54, 1.807) is 24.3 Å². The number of carbonyl (C=O) groups excluding carboxylic acids is 1. The highest BCUT2D eigenvalue weighted by molar-refractivity contribution is 7.89. The minimum absolute atomic E-state index is 0.0858. The average molecular weight is 340 g/mol. The van der Waals surface area contributed by atoms with Crippen LogP contribution in [0.5, 0.6) is 0 Å². The van der Waals surface area contributed by atoms with Gasteiger partial charge >= 0.3 is 6.03 Å². The number of benzene rings is 1. The number of hydrogen-bond donors (Lipinski definition) is 2. The van der Waals surface area contributed by atoms with E-state index in [2.05, 4.69) is 24.5 Å². The van der Waals surface area contributed by atoms with E-state index in [-0.39, 0.29) is 11.8 Å². The van der Waals surface area contributed by atoms with Gasteiger partial charge in [-0.1, -0.05) is 51.3 Å². The predicted molar refractivity (Wildman–Crippen MR) is 95.3 cm³/mol. The Balaban J connectivity index is 2.60. The summed E-state index contributed by atoms with van der Waals surface area (Å²) in [7, 11) is -3.15. The Morgan fingerprint density at radius 2 is 1.91 bits per heavy atom. The molecule has 0 aliphatic heterocycles. The van der Waals surface area contributed by atoms with Crippen molar-refractivity contribution in [2.24, 2.45) is 5.92 Å². The van der Waals surface area contributed by atoms with Crippen LogP contribution in [0.3, 0.4) is 0 Å². The molecule has 0 aromatic heterocycles. The van der Waals surface area contributed by atoms with Crippen molar-refractivity contribution in [1.29, 1.82) is 0 Å². The third kappa shape index (κ3) is 8.02. The van der Waals surface area contributed by atoms with E-state index in [1.165, 1.54) is 12.7 Å². The zero-order valence-electron chi connectivity index (χ0n) is 14.3. The number of amides is 2. The number of anilines is 1. The van der Waals surface area contributed by atoms with Gasteiger partial charge in [0.25, 0.3) is 0 Å². The van der Waals surface area contributed by atoms with E-state index in [1.807, 2.05) is 0 Å². The van der Waals surface area contributed by atoms with Gasteiger partial charge < -0.3 is 10.6 Å². The summed E-state index contributed by atoms with van der Waals surface area (Å²) in [5.41, 5.74) is 1.14. The molecule has 0 spiro atoms. The molecule has 0 aliphatic rings. The van der Waals surface area contributed by atoms with E-state index in [0.29, 0.717) is 23.7 Å². The molecule has 6 heteroatoms. The van der Waals surface area contributed by atoms with Crippen molar-refractivity contribution in [3.8, 4) is 0 Å². The lowest BCUT2D eigenvalue weighted by atomic mass is 9.99. The lowest BCUT2D eigenvalue weighted by Gasteiger charge is -2.16. The van der Waals surface area contributed by atoms with E-state index >= 15 is 0 Å². The maximum atomic E-state index is 12.1. The van der Waals surface area contributed by atoms with Crippen LogP contribution in [-0.2, 0) is 15.6 Å². The van der Waals surface area contributed by atoms with Crippen molar-refractivity contribution in [3.63, 3.8) is 0 Å². The molecule has 2 N–H and O–H groups in total. The van der Waals surface area contributed by atoms with Gasteiger partial charge in [0.2, 0.25) is 0 Å². The first-order valence-corrected chi connectivity index (χ1v) is 10.2. The van der Waals surface area contributed by atoms with Gasteiger partial charge in [-0.25, -0.2) is 13.2 Å². The molecule has 1 rings (SSSR count). The topological polar surface area (TPSA) is 75.3 Å². The Hall–Kier alpha value is -1.56. The molecule has 0 radical (unpaired) electrons. The van der Waals surface area contributed by atoms with Crippen molar-refractivity contribution in [2.45, 2.75) is 45.3 Å². The molecule has 0 saturated carbocycles. The summed E-state index contributed by atoms with van der Waals surface area (Å²) >= 11 is 0. The zero-order chi connectivity index (χ0) is 17.3. The second-order valence-corrected chi connectivity index (χ2v) is 8.12. The Morgan fingerprint density at radius 1 is 1.22 bits per heavy atom. The molecular weight excluding hydrogens is 312 g/mol. The van der Waals surface area contributed by atoms with Crippen LogP contribution < -0.4 is 10.6 Å². The van der Waals surface area contributed by atoms with Gasteiger partial charge in [-0.2, -0.15) is 0 Å². The van der Waals surface area contributed by atoms with Crippen LogP contribution in [0.15, 0.2) is 24.3 Å². The fourth-order valence-corrected chi connectivity index (χ4v) is 3.21. The van der Waals surface area contributed by atoms with E-state index in [4.69, 9.17) is 0 Å². The summed E-state index contributed by atoms with van der Waals surface area (Å²) in [4.78, 5) is 12.1. The molecule has 0 saturated heterocycles. The van der Waals surface area contributed by atoms with Crippen LogP contribution in [0.25, 0.3) is 0 Å². The predicted octanol–water partition coefficient (Wildman–Crippen LogP) is 3.57. The van der Waals surface area contributed by atoms with Crippen molar-refractivity contribution in [3.05, 3.63) is 29.8 Å². The summed E-state index contributed by atoms with van der Waals surface area (Å²) < 4.78 is 22.9. The fraction of sp³-hybridized carbons (Fsp3) is 0.588. The molecule has 1 aromatic carbocycles. The molecule has 0 fully saturated rings. The van der Waals surface area contributed by atoms with E-state index < -0.39 is 9.84 Å². The van der Waals surface area contributed by atoms with Crippen molar-refractivity contribution >= 4 is 21.6 Å². The van der Waals surface area contributed by atoms with Gasteiger partial charge in [-0.05, 0) is 24.0 Å². The van der Waals surface area contributed by atoms with Gasteiger partial charge in [-0.15, -0.1) is 0 Å². The van der Waals surface area contributed by atoms with Gasteiger partial charge in [0.15, 0.2) is 9.84 Å². The molecule has 23 heavy (non-hydrogen) atoms. The second-order valence-electron chi connectivity index (χ2n) is 5.98. The summed E-state index contributed by atoms with van der Waals surface area (Å²) in [6.45, 7) is 4.92. The molecule has 5 nitrogen and oxygen atoms in total. The largest absolute Gasteiger partial charge is 0.338 e. The summed E-state index contributed by atoms with van der Waals surface area (Å²) in [5.74, 6) is 0.393. The number of hydrogen-bond acceptors (Lipinski definition) is 3. The van der Waals surface area contributed by atoms with Crippen molar-refractivity contribution in [1.82, 2.24) is 5.32 Å². The quantitative estimate of drug-likeness (QED) is 0.721. The maximum absolute atomic E-state index is 12.1.